The first-order chi connectivity index (χ1) is 19.9. The molecule has 6 unspecified atom stereocenters. The maximum atomic E-state index is 14.0. The number of rotatable bonds is 5. The van der Waals surface area contributed by atoms with Crippen molar-refractivity contribution < 1.29 is 24.3 Å². The van der Waals surface area contributed by atoms with E-state index in [0.29, 0.717) is 18.4 Å². The molecule has 3 aromatic rings. The first kappa shape index (κ1) is 25.4. The average molecular weight is 547 g/mol. The predicted octanol–water partition coefficient (Wildman–Crippen LogP) is 4.43. The minimum Gasteiger partial charge on any atom is -0.508 e. The van der Waals surface area contributed by atoms with Crippen LogP contribution in [0.3, 0.4) is 0 Å². The van der Waals surface area contributed by atoms with Gasteiger partial charge in [0.15, 0.2) is 0 Å². The van der Waals surface area contributed by atoms with Crippen LogP contribution in [0.5, 0.6) is 5.75 Å². The minimum absolute atomic E-state index is 0.0567. The Bertz CT molecular complexity index is 1580. The maximum Gasteiger partial charge on any atom is 0.234 e. The van der Waals surface area contributed by atoms with Gasteiger partial charge in [0, 0.05) is 11.5 Å². The van der Waals surface area contributed by atoms with Crippen LogP contribution in [0.15, 0.2) is 96.6 Å². The van der Waals surface area contributed by atoms with E-state index in [2.05, 4.69) is 0 Å². The predicted molar refractivity (Wildman–Crippen MR) is 150 cm³/mol. The number of hydrogen-bond donors (Lipinski definition) is 1. The van der Waals surface area contributed by atoms with Crippen LogP contribution in [0.25, 0.3) is 0 Å². The summed E-state index contributed by atoms with van der Waals surface area (Å²) in [5, 5.41) is 10.9. The minimum atomic E-state index is -0.675. The number of nitrogens with zero attached hydrogens (tertiary/aromatic N) is 2. The molecule has 41 heavy (non-hydrogen) atoms. The number of aromatic hydroxyl groups is 1. The Morgan fingerprint density at radius 2 is 1.15 bits per heavy atom. The second kappa shape index (κ2) is 9.84. The van der Waals surface area contributed by atoms with Crippen molar-refractivity contribution in [2.75, 3.05) is 0 Å². The summed E-state index contributed by atoms with van der Waals surface area (Å²) in [5.41, 5.74) is 3.21. The van der Waals surface area contributed by atoms with Gasteiger partial charge in [0.2, 0.25) is 23.6 Å². The fraction of sp³-hybridized carbons (Fsp3) is 0.294. The fourth-order valence-electron chi connectivity index (χ4n) is 7.66. The van der Waals surface area contributed by atoms with Gasteiger partial charge in [0.1, 0.15) is 5.75 Å². The lowest BCUT2D eigenvalue weighted by molar-refractivity contribution is -0.142. The number of carbonyl (C=O) groups is 4. The Kier molecular flexibility index (Phi) is 6.11. The van der Waals surface area contributed by atoms with E-state index >= 15 is 0 Å². The molecule has 0 bridgehead atoms. The summed E-state index contributed by atoms with van der Waals surface area (Å²) in [6, 6.07) is 25.8. The molecule has 3 fully saturated rings. The van der Waals surface area contributed by atoms with Gasteiger partial charge in [-0.3, -0.25) is 29.0 Å². The van der Waals surface area contributed by atoms with E-state index in [1.807, 2.05) is 72.8 Å². The molecule has 4 aliphatic rings. The van der Waals surface area contributed by atoms with Crippen molar-refractivity contribution >= 4 is 23.6 Å². The zero-order valence-corrected chi connectivity index (χ0v) is 22.4. The van der Waals surface area contributed by atoms with E-state index in [1.165, 1.54) is 9.80 Å². The summed E-state index contributed by atoms with van der Waals surface area (Å²) < 4.78 is 0. The SMILES string of the molecule is O=C1C2CC=C3C(CC4C(=O)N(Cc5ccccc5)C(=O)C4C3c3ccccc3O)C2C(=O)N1Cc1ccccc1. The number of hydrogen-bond acceptors (Lipinski definition) is 5. The third-order valence-electron chi connectivity index (χ3n) is 9.47. The first-order valence-electron chi connectivity index (χ1n) is 14.2. The molecule has 7 rings (SSSR count). The number of carbonyl (C=O) groups excluding carboxylic acids is 4. The molecule has 0 aromatic heterocycles. The summed E-state index contributed by atoms with van der Waals surface area (Å²) >= 11 is 0. The number of phenolic OH excluding ortho intramolecular Hbond substituents is 1. The van der Waals surface area contributed by atoms with Gasteiger partial charge in [-0.15, -0.1) is 0 Å². The number of amides is 4. The molecule has 3 aromatic carbocycles. The molecule has 7 heteroatoms. The van der Waals surface area contributed by atoms with Crippen molar-refractivity contribution in [1.82, 2.24) is 9.80 Å². The molecule has 1 N–H and O–H groups in total. The highest BCUT2D eigenvalue weighted by atomic mass is 16.3. The van der Waals surface area contributed by atoms with Gasteiger partial charge in [0.05, 0.1) is 36.8 Å². The normalized spacial score (nSPS) is 28.8. The molecular formula is C34H30N2O5. The molecule has 0 spiro atoms. The van der Waals surface area contributed by atoms with Crippen molar-refractivity contribution in [2.45, 2.75) is 31.8 Å². The average Bonchev–Trinajstić information content (AvgIpc) is 3.37. The monoisotopic (exact) mass is 546 g/mol. The quantitative estimate of drug-likeness (QED) is 0.378. The lowest BCUT2D eigenvalue weighted by Crippen LogP contribution is -2.43. The number of imide groups is 2. The zero-order valence-electron chi connectivity index (χ0n) is 22.4. The van der Waals surface area contributed by atoms with E-state index in [4.69, 9.17) is 0 Å². The largest absolute Gasteiger partial charge is 0.508 e. The highest BCUT2D eigenvalue weighted by molar-refractivity contribution is 6.08. The molecule has 206 valence electrons. The van der Waals surface area contributed by atoms with Crippen molar-refractivity contribution in [3.8, 4) is 5.75 Å². The second-order valence-electron chi connectivity index (χ2n) is 11.6. The van der Waals surface area contributed by atoms with Crippen LogP contribution in [0.4, 0.5) is 0 Å². The van der Waals surface area contributed by atoms with E-state index in [-0.39, 0.29) is 48.4 Å². The number of allylic oxidation sites excluding steroid dienone is 2. The summed E-state index contributed by atoms with van der Waals surface area (Å²) in [4.78, 5) is 58.1. The van der Waals surface area contributed by atoms with Gasteiger partial charge in [-0.05, 0) is 36.0 Å². The van der Waals surface area contributed by atoms with Crippen molar-refractivity contribution in [3.63, 3.8) is 0 Å². The van der Waals surface area contributed by atoms with Gasteiger partial charge >= 0.3 is 0 Å². The molecule has 2 saturated heterocycles. The van der Waals surface area contributed by atoms with Crippen molar-refractivity contribution in [2.24, 2.45) is 29.6 Å². The van der Waals surface area contributed by atoms with Crippen LogP contribution >= 0.6 is 0 Å². The summed E-state index contributed by atoms with van der Waals surface area (Å²) in [5.74, 6) is -4.15. The molecule has 2 heterocycles. The lowest BCUT2D eigenvalue weighted by atomic mass is 9.57. The fourth-order valence-corrected chi connectivity index (χ4v) is 7.66. The molecule has 4 amide bonds. The van der Waals surface area contributed by atoms with E-state index in [1.54, 1.807) is 18.2 Å². The zero-order chi connectivity index (χ0) is 28.2. The topological polar surface area (TPSA) is 95.0 Å². The highest BCUT2D eigenvalue weighted by Gasteiger charge is 2.62. The van der Waals surface area contributed by atoms with Gasteiger partial charge in [-0.1, -0.05) is 90.5 Å². The van der Waals surface area contributed by atoms with Crippen LogP contribution in [-0.2, 0) is 32.3 Å². The molecule has 2 aliphatic carbocycles. The molecule has 0 radical (unpaired) electrons. The Balaban J connectivity index is 1.28. The number of likely N-dealkylation sites (tertiary alicyclic amines) is 2. The highest BCUT2D eigenvalue weighted by Crippen LogP contribution is 2.58. The number of para-hydroxylation sites is 1. The third-order valence-corrected chi connectivity index (χ3v) is 9.47. The smallest absolute Gasteiger partial charge is 0.234 e. The van der Waals surface area contributed by atoms with Crippen molar-refractivity contribution in [1.29, 1.82) is 0 Å². The van der Waals surface area contributed by atoms with Gasteiger partial charge in [-0.2, -0.15) is 0 Å². The summed E-state index contributed by atoms with van der Waals surface area (Å²) in [6.45, 7) is 0.391. The standard InChI is InChI=1S/C34H30N2O5/c37-27-14-8-7-13-23(27)28-22-15-16-24-29(33(40)35(31(24)38)18-20-9-3-1-4-10-20)25(22)17-26-30(28)34(41)36(32(26)39)19-21-11-5-2-6-12-21/h1-15,24-26,28-30,37H,16-19H2. The molecule has 1 saturated carbocycles. The first-order valence-corrected chi connectivity index (χ1v) is 14.2. The molecule has 2 aliphatic heterocycles. The number of phenols is 1. The lowest BCUT2D eigenvalue weighted by Gasteiger charge is -2.44. The third kappa shape index (κ3) is 4.02. The maximum absolute atomic E-state index is 14.0. The molecular weight excluding hydrogens is 516 g/mol. The van der Waals surface area contributed by atoms with Gasteiger partial charge in [0.25, 0.3) is 0 Å². The van der Waals surface area contributed by atoms with E-state index in [0.717, 1.165) is 16.7 Å². The molecule has 6 atom stereocenters. The number of benzene rings is 3. The Labute approximate surface area is 238 Å². The van der Waals surface area contributed by atoms with Crippen LogP contribution in [0, 0.1) is 29.6 Å². The van der Waals surface area contributed by atoms with Crippen LogP contribution in [-0.4, -0.2) is 38.5 Å². The Morgan fingerprint density at radius 1 is 0.610 bits per heavy atom. The van der Waals surface area contributed by atoms with Crippen molar-refractivity contribution in [3.05, 3.63) is 113 Å². The van der Waals surface area contributed by atoms with Gasteiger partial charge < -0.3 is 5.11 Å². The van der Waals surface area contributed by atoms with E-state index in [9.17, 15) is 24.3 Å². The second-order valence-corrected chi connectivity index (χ2v) is 11.6. The summed E-state index contributed by atoms with van der Waals surface area (Å²) in [6.07, 6.45) is 2.73. The van der Waals surface area contributed by atoms with Crippen LogP contribution < -0.4 is 0 Å². The van der Waals surface area contributed by atoms with Gasteiger partial charge in [-0.25, -0.2) is 0 Å². The Morgan fingerprint density at radius 3 is 1.76 bits per heavy atom. The van der Waals surface area contributed by atoms with Crippen LogP contribution in [0.2, 0.25) is 0 Å². The Hall–Kier alpha value is -4.52. The number of fused-ring (bicyclic) bond motifs is 4. The molecule has 7 nitrogen and oxygen atoms in total. The summed E-state index contributed by atoms with van der Waals surface area (Å²) in [7, 11) is 0. The van der Waals surface area contributed by atoms with E-state index < -0.39 is 29.6 Å². The van der Waals surface area contributed by atoms with Crippen LogP contribution in [0.1, 0.15) is 35.4 Å².